The smallest absolute Gasteiger partial charge is 0.231 e. The second-order valence-electron chi connectivity index (χ2n) is 5.11. The molecule has 0 spiro atoms. The van der Waals surface area contributed by atoms with E-state index < -0.39 is 0 Å². The number of phenols is 1. The summed E-state index contributed by atoms with van der Waals surface area (Å²) in [4.78, 5) is 12.7. The van der Waals surface area contributed by atoms with Crippen LogP contribution < -0.4 is 14.9 Å². The summed E-state index contributed by atoms with van der Waals surface area (Å²) in [6, 6.07) is 9.82. The topological polar surface area (TPSA) is 68.9 Å². The third kappa shape index (κ3) is 1.83. The Hall–Kier alpha value is -2.95. The van der Waals surface area contributed by atoms with E-state index in [1.807, 2.05) is 0 Å². The fraction of sp³-hybridized carbons (Fsp3) is 0.118. The van der Waals surface area contributed by atoms with E-state index in [1.54, 1.807) is 31.2 Å². The highest BCUT2D eigenvalue weighted by atomic mass is 16.7. The van der Waals surface area contributed by atoms with Gasteiger partial charge in [0, 0.05) is 6.07 Å². The van der Waals surface area contributed by atoms with Crippen molar-refractivity contribution in [2.75, 3.05) is 6.79 Å². The summed E-state index contributed by atoms with van der Waals surface area (Å²) < 4.78 is 16.3. The molecule has 1 aliphatic heterocycles. The van der Waals surface area contributed by atoms with Gasteiger partial charge in [0.2, 0.25) is 12.2 Å². The van der Waals surface area contributed by atoms with Crippen LogP contribution in [0.25, 0.3) is 22.1 Å². The number of aryl methyl sites for hydroxylation is 1. The summed E-state index contributed by atoms with van der Waals surface area (Å²) in [5.41, 5.74) is 1.42. The van der Waals surface area contributed by atoms with Gasteiger partial charge in [-0.25, -0.2) is 0 Å². The van der Waals surface area contributed by atoms with Crippen LogP contribution in [0.5, 0.6) is 17.2 Å². The van der Waals surface area contributed by atoms with Gasteiger partial charge in [-0.05, 0) is 36.8 Å². The minimum Gasteiger partial charge on any atom is -0.508 e. The van der Waals surface area contributed by atoms with Gasteiger partial charge in [0.1, 0.15) is 17.1 Å². The van der Waals surface area contributed by atoms with E-state index in [9.17, 15) is 9.90 Å². The molecule has 5 heteroatoms. The molecule has 2 heterocycles. The number of ether oxygens (including phenoxy) is 2. The zero-order chi connectivity index (χ0) is 15.3. The fourth-order valence-corrected chi connectivity index (χ4v) is 2.68. The summed E-state index contributed by atoms with van der Waals surface area (Å²) in [6.07, 6.45) is 0. The SMILES string of the molecule is Cc1oc2cc(O)ccc2c(=O)c1-c1ccc2c(c1)OCO2. The van der Waals surface area contributed by atoms with E-state index in [1.165, 1.54) is 12.1 Å². The number of hydrogen-bond donors (Lipinski definition) is 1. The van der Waals surface area contributed by atoms with E-state index in [0.717, 1.165) is 0 Å². The first kappa shape index (κ1) is 12.8. The van der Waals surface area contributed by atoms with Crippen molar-refractivity contribution in [3.8, 4) is 28.4 Å². The van der Waals surface area contributed by atoms with Gasteiger partial charge in [0.25, 0.3) is 0 Å². The summed E-state index contributed by atoms with van der Waals surface area (Å²) >= 11 is 0. The minimum atomic E-state index is -0.141. The summed E-state index contributed by atoms with van der Waals surface area (Å²) in [5.74, 6) is 1.83. The van der Waals surface area contributed by atoms with Gasteiger partial charge in [0.15, 0.2) is 11.5 Å². The molecule has 1 N–H and O–H groups in total. The monoisotopic (exact) mass is 296 g/mol. The Bertz CT molecular complexity index is 955. The number of rotatable bonds is 1. The molecular formula is C17H12O5. The third-order valence-corrected chi connectivity index (χ3v) is 3.71. The molecule has 0 amide bonds. The van der Waals surface area contributed by atoms with Gasteiger partial charge < -0.3 is 19.0 Å². The van der Waals surface area contributed by atoms with Crippen molar-refractivity contribution < 1.29 is 19.0 Å². The lowest BCUT2D eigenvalue weighted by molar-refractivity contribution is 0.174. The predicted octanol–water partition coefficient (Wildman–Crippen LogP) is 3.20. The van der Waals surface area contributed by atoms with Crippen LogP contribution in [0.3, 0.4) is 0 Å². The highest BCUT2D eigenvalue weighted by Crippen LogP contribution is 2.36. The van der Waals surface area contributed by atoms with E-state index in [0.29, 0.717) is 39.4 Å². The van der Waals surface area contributed by atoms with Crippen LogP contribution in [-0.4, -0.2) is 11.9 Å². The molecule has 0 fully saturated rings. The van der Waals surface area contributed by atoms with Crippen molar-refractivity contribution in [3.05, 3.63) is 52.4 Å². The number of benzene rings is 2. The van der Waals surface area contributed by atoms with Gasteiger partial charge in [0.05, 0.1) is 10.9 Å². The number of phenolic OH excluding ortho intramolecular Hbond substituents is 1. The molecule has 0 radical (unpaired) electrons. The fourth-order valence-electron chi connectivity index (χ4n) is 2.68. The molecule has 0 unspecified atom stereocenters. The molecular weight excluding hydrogens is 284 g/mol. The molecule has 22 heavy (non-hydrogen) atoms. The highest BCUT2D eigenvalue weighted by molar-refractivity contribution is 5.84. The maximum atomic E-state index is 12.7. The van der Waals surface area contributed by atoms with Crippen molar-refractivity contribution in [2.45, 2.75) is 6.92 Å². The Morgan fingerprint density at radius 1 is 1.05 bits per heavy atom. The van der Waals surface area contributed by atoms with E-state index in [2.05, 4.69) is 0 Å². The quantitative estimate of drug-likeness (QED) is 0.746. The van der Waals surface area contributed by atoms with Gasteiger partial charge in [-0.15, -0.1) is 0 Å². The summed E-state index contributed by atoms with van der Waals surface area (Å²) in [6.45, 7) is 1.91. The lowest BCUT2D eigenvalue weighted by atomic mass is 10.0. The summed E-state index contributed by atoms with van der Waals surface area (Å²) in [5, 5.41) is 9.94. The second-order valence-corrected chi connectivity index (χ2v) is 5.11. The number of aromatic hydroxyl groups is 1. The Morgan fingerprint density at radius 2 is 1.86 bits per heavy atom. The predicted molar refractivity (Wildman–Crippen MR) is 80.4 cm³/mol. The lowest BCUT2D eigenvalue weighted by Gasteiger charge is -2.08. The minimum absolute atomic E-state index is 0.0610. The molecule has 1 aromatic heterocycles. The Balaban J connectivity index is 1.99. The third-order valence-electron chi connectivity index (χ3n) is 3.71. The van der Waals surface area contributed by atoms with Crippen LogP contribution in [0.1, 0.15) is 5.76 Å². The zero-order valence-electron chi connectivity index (χ0n) is 11.8. The molecule has 4 rings (SSSR count). The van der Waals surface area contributed by atoms with Crippen molar-refractivity contribution in [2.24, 2.45) is 0 Å². The van der Waals surface area contributed by atoms with E-state index in [-0.39, 0.29) is 18.0 Å². The van der Waals surface area contributed by atoms with Crippen LogP contribution >= 0.6 is 0 Å². The van der Waals surface area contributed by atoms with Crippen LogP contribution in [0.15, 0.2) is 45.6 Å². The second kappa shape index (κ2) is 4.53. The largest absolute Gasteiger partial charge is 0.508 e. The maximum absolute atomic E-state index is 12.7. The van der Waals surface area contributed by atoms with E-state index >= 15 is 0 Å². The van der Waals surface area contributed by atoms with Gasteiger partial charge in [-0.3, -0.25) is 4.79 Å². The Labute approximate surface area is 125 Å². The van der Waals surface area contributed by atoms with Crippen LogP contribution in [-0.2, 0) is 0 Å². The molecule has 0 saturated carbocycles. The molecule has 0 aliphatic carbocycles. The molecule has 2 aromatic carbocycles. The van der Waals surface area contributed by atoms with Crippen LogP contribution in [0.4, 0.5) is 0 Å². The van der Waals surface area contributed by atoms with Crippen molar-refractivity contribution >= 4 is 11.0 Å². The Kier molecular flexibility index (Phi) is 2.63. The van der Waals surface area contributed by atoms with Crippen LogP contribution in [0.2, 0.25) is 0 Å². The zero-order valence-corrected chi connectivity index (χ0v) is 11.8. The van der Waals surface area contributed by atoms with Gasteiger partial charge in [-0.2, -0.15) is 0 Å². The van der Waals surface area contributed by atoms with Crippen molar-refractivity contribution in [1.82, 2.24) is 0 Å². The lowest BCUT2D eigenvalue weighted by Crippen LogP contribution is -2.07. The van der Waals surface area contributed by atoms with E-state index in [4.69, 9.17) is 13.9 Å². The van der Waals surface area contributed by atoms with Crippen molar-refractivity contribution in [1.29, 1.82) is 0 Å². The molecule has 0 saturated heterocycles. The first-order chi connectivity index (χ1) is 10.6. The van der Waals surface area contributed by atoms with Crippen LogP contribution in [0, 0.1) is 6.92 Å². The van der Waals surface area contributed by atoms with Gasteiger partial charge >= 0.3 is 0 Å². The van der Waals surface area contributed by atoms with Crippen molar-refractivity contribution in [3.63, 3.8) is 0 Å². The summed E-state index contributed by atoms with van der Waals surface area (Å²) in [7, 11) is 0. The normalized spacial score (nSPS) is 12.8. The molecule has 3 aromatic rings. The standard InChI is InChI=1S/C17H12O5/c1-9-16(10-2-5-13-15(6-10)21-8-20-13)17(19)12-4-3-11(18)7-14(12)22-9/h2-7,18H,8H2,1H3. The molecule has 5 nitrogen and oxygen atoms in total. The number of fused-ring (bicyclic) bond motifs is 2. The average Bonchev–Trinajstić information content (AvgIpc) is 2.94. The maximum Gasteiger partial charge on any atom is 0.231 e. The van der Waals surface area contributed by atoms with Gasteiger partial charge in [-0.1, -0.05) is 6.07 Å². The first-order valence-corrected chi connectivity index (χ1v) is 6.80. The molecule has 0 bridgehead atoms. The number of hydrogen-bond acceptors (Lipinski definition) is 5. The molecule has 0 atom stereocenters. The average molecular weight is 296 g/mol. The first-order valence-electron chi connectivity index (χ1n) is 6.80. The Morgan fingerprint density at radius 3 is 2.73 bits per heavy atom. The molecule has 1 aliphatic rings. The molecule has 110 valence electrons. The highest BCUT2D eigenvalue weighted by Gasteiger charge is 2.18.